The van der Waals surface area contributed by atoms with E-state index in [0.717, 1.165) is 21.6 Å². The zero-order valence-electron chi connectivity index (χ0n) is 10.3. The number of aromatic nitrogens is 1. The Labute approximate surface area is 116 Å². The first-order chi connectivity index (χ1) is 8.69. The topological polar surface area (TPSA) is 34.1 Å². The van der Waals surface area contributed by atoms with Crippen LogP contribution < -0.4 is 10.1 Å². The largest absolute Gasteiger partial charge is 0.497 e. The number of halogens is 1. The highest BCUT2D eigenvalue weighted by Gasteiger charge is 2.06. The van der Waals surface area contributed by atoms with Crippen molar-refractivity contribution < 1.29 is 4.74 Å². The molecule has 0 spiro atoms. The number of ether oxygens (including phenoxy) is 1. The van der Waals surface area contributed by atoms with Crippen molar-refractivity contribution in [3.8, 4) is 5.75 Å². The minimum Gasteiger partial charge on any atom is -0.497 e. The highest BCUT2D eigenvalue weighted by molar-refractivity contribution is 7.15. The van der Waals surface area contributed by atoms with E-state index in [1.807, 2.05) is 12.1 Å². The van der Waals surface area contributed by atoms with Gasteiger partial charge in [0.25, 0.3) is 0 Å². The molecule has 1 atom stereocenters. The Balaban J connectivity index is 1.92. The molecule has 0 saturated carbocycles. The number of hydrogen-bond donors (Lipinski definition) is 1. The fourth-order valence-electron chi connectivity index (χ4n) is 1.62. The fourth-order valence-corrected chi connectivity index (χ4v) is 2.53. The summed E-state index contributed by atoms with van der Waals surface area (Å²) in [6.45, 7) is 2.85. The van der Waals surface area contributed by atoms with Gasteiger partial charge < -0.3 is 10.1 Å². The van der Waals surface area contributed by atoms with Crippen LogP contribution in [0.3, 0.4) is 0 Å². The predicted molar refractivity (Wildman–Crippen MR) is 75.4 cm³/mol. The van der Waals surface area contributed by atoms with Crippen LogP contribution >= 0.6 is 22.9 Å². The minimum atomic E-state index is 0.263. The van der Waals surface area contributed by atoms with Crippen molar-refractivity contribution in [3.05, 3.63) is 45.4 Å². The number of benzene rings is 1. The standard InChI is InChI=1S/C13H15ClN2OS/c1-9(10-3-5-11(17-2)6-4-10)15-8-13-16-7-12(14)18-13/h3-7,9,15H,8H2,1-2H3. The van der Waals surface area contributed by atoms with E-state index in [1.54, 1.807) is 13.3 Å². The summed E-state index contributed by atoms with van der Waals surface area (Å²) in [6.07, 6.45) is 1.68. The van der Waals surface area contributed by atoms with Gasteiger partial charge in [-0.15, -0.1) is 11.3 Å². The van der Waals surface area contributed by atoms with E-state index in [2.05, 4.69) is 29.4 Å². The van der Waals surface area contributed by atoms with E-state index in [1.165, 1.54) is 16.9 Å². The Hall–Kier alpha value is -1.10. The molecule has 3 nitrogen and oxygen atoms in total. The third-order valence-electron chi connectivity index (χ3n) is 2.70. The molecule has 2 rings (SSSR count). The average Bonchev–Trinajstić information content (AvgIpc) is 2.82. The Kier molecular flexibility index (Phi) is 4.58. The van der Waals surface area contributed by atoms with Crippen LogP contribution in [0.4, 0.5) is 0 Å². The molecule has 0 bridgehead atoms. The monoisotopic (exact) mass is 282 g/mol. The molecule has 0 aliphatic rings. The van der Waals surface area contributed by atoms with Crippen LogP contribution in [0, 0.1) is 0 Å². The van der Waals surface area contributed by atoms with Gasteiger partial charge in [0, 0.05) is 12.6 Å². The zero-order valence-corrected chi connectivity index (χ0v) is 11.9. The zero-order chi connectivity index (χ0) is 13.0. The summed E-state index contributed by atoms with van der Waals surface area (Å²) < 4.78 is 5.86. The maximum absolute atomic E-state index is 5.84. The van der Waals surface area contributed by atoms with Crippen molar-refractivity contribution in [1.82, 2.24) is 10.3 Å². The molecule has 0 amide bonds. The van der Waals surface area contributed by atoms with Crippen molar-refractivity contribution in [2.24, 2.45) is 0 Å². The van der Waals surface area contributed by atoms with E-state index < -0.39 is 0 Å². The molecule has 0 aliphatic carbocycles. The first-order valence-electron chi connectivity index (χ1n) is 5.66. The molecule has 0 fully saturated rings. The molecule has 1 heterocycles. The molecule has 0 aliphatic heterocycles. The SMILES string of the molecule is COc1ccc(C(C)NCc2ncc(Cl)s2)cc1. The van der Waals surface area contributed by atoms with Crippen molar-refractivity contribution in [2.45, 2.75) is 19.5 Å². The van der Waals surface area contributed by atoms with Gasteiger partial charge in [-0.1, -0.05) is 23.7 Å². The third-order valence-corrected chi connectivity index (χ3v) is 3.82. The van der Waals surface area contributed by atoms with Gasteiger partial charge in [-0.25, -0.2) is 4.98 Å². The molecule has 0 saturated heterocycles. The number of nitrogens with one attached hydrogen (secondary N) is 1. The fraction of sp³-hybridized carbons (Fsp3) is 0.308. The third kappa shape index (κ3) is 3.45. The van der Waals surface area contributed by atoms with Gasteiger partial charge in [0.05, 0.1) is 13.3 Å². The van der Waals surface area contributed by atoms with Gasteiger partial charge in [0.1, 0.15) is 15.1 Å². The lowest BCUT2D eigenvalue weighted by molar-refractivity contribution is 0.414. The molecule has 1 aromatic heterocycles. The number of hydrogen-bond acceptors (Lipinski definition) is 4. The Morgan fingerprint density at radius 2 is 2.11 bits per heavy atom. The highest BCUT2D eigenvalue weighted by atomic mass is 35.5. The molecule has 18 heavy (non-hydrogen) atoms. The molecule has 1 unspecified atom stereocenters. The van der Waals surface area contributed by atoms with Crippen LogP contribution in [-0.2, 0) is 6.54 Å². The van der Waals surface area contributed by atoms with E-state index >= 15 is 0 Å². The molecule has 1 aromatic carbocycles. The quantitative estimate of drug-likeness (QED) is 0.909. The second kappa shape index (κ2) is 6.18. The van der Waals surface area contributed by atoms with Crippen LogP contribution in [0.25, 0.3) is 0 Å². The summed E-state index contributed by atoms with van der Waals surface area (Å²) in [6, 6.07) is 8.32. The second-order valence-corrected chi connectivity index (χ2v) is 5.68. The summed E-state index contributed by atoms with van der Waals surface area (Å²) in [5.41, 5.74) is 1.22. The van der Waals surface area contributed by atoms with Gasteiger partial charge in [0.15, 0.2) is 0 Å². The molecular weight excluding hydrogens is 268 g/mol. The van der Waals surface area contributed by atoms with E-state index in [4.69, 9.17) is 16.3 Å². The Bertz CT molecular complexity index is 498. The van der Waals surface area contributed by atoms with Crippen molar-refractivity contribution in [1.29, 1.82) is 0 Å². The van der Waals surface area contributed by atoms with Crippen molar-refractivity contribution in [3.63, 3.8) is 0 Å². The van der Waals surface area contributed by atoms with Gasteiger partial charge in [-0.05, 0) is 24.6 Å². The maximum Gasteiger partial charge on any atom is 0.118 e. The van der Waals surface area contributed by atoms with E-state index in [9.17, 15) is 0 Å². The summed E-state index contributed by atoms with van der Waals surface area (Å²) in [7, 11) is 1.67. The average molecular weight is 283 g/mol. The minimum absolute atomic E-state index is 0.263. The summed E-state index contributed by atoms with van der Waals surface area (Å²) in [5, 5.41) is 4.41. The van der Waals surface area contributed by atoms with Crippen molar-refractivity contribution >= 4 is 22.9 Å². The summed E-state index contributed by atoms with van der Waals surface area (Å²) in [4.78, 5) is 4.21. The summed E-state index contributed by atoms with van der Waals surface area (Å²) >= 11 is 7.34. The molecule has 2 aromatic rings. The van der Waals surface area contributed by atoms with Gasteiger partial charge in [-0.3, -0.25) is 0 Å². The second-order valence-electron chi connectivity index (χ2n) is 3.93. The smallest absolute Gasteiger partial charge is 0.118 e. The molecule has 5 heteroatoms. The van der Waals surface area contributed by atoms with Crippen molar-refractivity contribution in [2.75, 3.05) is 7.11 Å². The van der Waals surface area contributed by atoms with Crippen LogP contribution in [0.2, 0.25) is 4.34 Å². The van der Waals surface area contributed by atoms with E-state index in [0.29, 0.717) is 0 Å². The predicted octanol–water partition coefficient (Wildman–Crippen LogP) is 3.66. The van der Waals surface area contributed by atoms with Gasteiger partial charge >= 0.3 is 0 Å². The first-order valence-corrected chi connectivity index (χ1v) is 6.86. The van der Waals surface area contributed by atoms with Gasteiger partial charge in [-0.2, -0.15) is 0 Å². The highest BCUT2D eigenvalue weighted by Crippen LogP contribution is 2.20. The lowest BCUT2D eigenvalue weighted by Gasteiger charge is -2.13. The number of rotatable bonds is 5. The molecule has 0 radical (unpaired) electrons. The number of thiazole rings is 1. The first kappa shape index (κ1) is 13.3. The van der Waals surface area contributed by atoms with Crippen LogP contribution in [0.1, 0.15) is 23.5 Å². The molecule has 1 N–H and O–H groups in total. The van der Waals surface area contributed by atoms with Crippen LogP contribution in [0.15, 0.2) is 30.5 Å². The number of methoxy groups -OCH3 is 1. The van der Waals surface area contributed by atoms with Crippen LogP contribution in [-0.4, -0.2) is 12.1 Å². The normalized spacial score (nSPS) is 12.4. The Morgan fingerprint density at radius 3 is 2.67 bits per heavy atom. The lowest BCUT2D eigenvalue weighted by atomic mass is 10.1. The van der Waals surface area contributed by atoms with Gasteiger partial charge in [0.2, 0.25) is 0 Å². The maximum atomic E-state index is 5.84. The van der Waals surface area contributed by atoms with E-state index in [-0.39, 0.29) is 6.04 Å². The molecule has 96 valence electrons. The van der Waals surface area contributed by atoms with Crippen LogP contribution in [0.5, 0.6) is 5.75 Å². The summed E-state index contributed by atoms with van der Waals surface area (Å²) in [5.74, 6) is 0.873. The number of nitrogens with zero attached hydrogens (tertiary/aromatic N) is 1. The lowest BCUT2D eigenvalue weighted by Crippen LogP contribution is -2.17. The Morgan fingerprint density at radius 1 is 1.39 bits per heavy atom. The molecular formula is C13H15ClN2OS.